The third-order valence-electron chi connectivity index (χ3n) is 5.68. The number of hydrogen-bond acceptors (Lipinski definition) is 4. The number of fused-ring (bicyclic) bond motifs is 3. The molecule has 0 unspecified atom stereocenters. The molecule has 4 aromatic rings. The van der Waals surface area contributed by atoms with Crippen LogP contribution in [0.1, 0.15) is 24.0 Å². The first-order valence-corrected chi connectivity index (χ1v) is 10.2. The first kappa shape index (κ1) is 18.2. The van der Waals surface area contributed by atoms with Crippen LogP contribution in [0.4, 0.5) is 5.82 Å². The second-order valence-corrected chi connectivity index (χ2v) is 8.07. The Kier molecular flexibility index (Phi) is 4.53. The molecule has 1 aliphatic rings. The molecule has 0 radical (unpaired) electrons. The van der Waals surface area contributed by atoms with Crippen LogP contribution in [0.3, 0.4) is 0 Å². The molecule has 0 spiro atoms. The smallest absolute Gasteiger partial charge is 0.326 e. The molecule has 5 rings (SSSR count). The van der Waals surface area contributed by atoms with Crippen molar-refractivity contribution in [2.24, 2.45) is 0 Å². The number of nitrogens with two attached hydrogens (primary N) is 1. The second kappa shape index (κ2) is 7.21. The van der Waals surface area contributed by atoms with Crippen molar-refractivity contribution in [1.29, 1.82) is 0 Å². The lowest BCUT2D eigenvalue weighted by molar-refractivity contribution is 0.331. The lowest BCUT2D eigenvalue weighted by Crippen LogP contribution is -2.19. The molecule has 0 aliphatic carbocycles. The van der Waals surface area contributed by atoms with Crippen molar-refractivity contribution in [1.82, 2.24) is 19.4 Å². The van der Waals surface area contributed by atoms with Crippen LogP contribution in [0.25, 0.3) is 21.9 Å². The number of nitrogen functional groups attached to an aromatic ring is 1. The van der Waals surface area contributed by atoms with Crippen molar-refractivity contribution < 1.29 is 0 Å². The Morgan fingerprint density at radius 1 is 1.10 bits per heavy atom. The molecular weight excluding hydrogens is 386 g/mol. The van der Waals surface area contributed by atoms with E-state index in [9.17, 15) is 4.79 Å². The molecule has 2 aromatic heterocycles. The Morgan fingerprint density at radius 3 is 2.72 bits per heavy atom. The summed E-state index contributed by atoms with van der Waals surface area (Å²) < 4.78 is 1.73. The van der Waals surface area contributed by atoms with E-state index < -0.39 is 0 Å². The molecule has 0 bridgehead atoms. The van der Waals surface area contributed by atoms with Gasteiger partial charge >= 0.3 is 5.69 Å². The number of anilines is 1. The van der Waals surface area contributed by atoms with Gasteiger partial charge in [-0.15, -0.1) is 0 Å². The van der Waals surface area contributed by atoms with Crippen molar-refractivity contribution in [3.05, 3.63) is 69.1 Å². The number of pyridine rings is 1. The maximum Gasteiger partial charge on any atom is 0.326 e. The minimum absolute atomic E-state index is 0.194. The summed E-state index contributed by atoms with van der Waals surface area (Å²) in [5.41, 5.74) is 10.2. The number of rotatable bonds is 4. The van der Waals surface area contributed by atoms with Crippen LogP contribution in [0.5, 0.6) is 0 Å². The zero-order valence-corrected chi connectivity index (χ0v) is 16.7. The van der Waals surface area contributed by atoms with E-state index in [1.807, 2.05) is 36.4 Å². The van der Waals surface area contributed by atoms with Gasteiger partial charge in [0.15, 0.2) is 0 Å². The third kappa shape index (κ3) is 3.28. The fourth-order valence-electron chi connectivity index (χ4n) is 4.26. The van der Waals surface area contributed by atoms with Gasteiger partial charge in [0.25, 0.3) is 0 Å². The van der Waals surface area contributed by atoms with E-state index in [-0.39, 0.29) is 5.69 Å². The topological polar surface area (TPSA) is 79.9 Å². The van der Waals surface area contributed by atoms with E-state index in [1.54, 1.807) is 4.57 Å². The highest BCUT2D eigenvalue weighted by atomic mass is 35.5. The second-order valence-electron chi connectivity index (χ2n) is 7.66. The molecule has 2 aromatic carbocycles. The fraction of sp³-hybridized carbons (Fsp3) is 0.273. The van der Waals surface area contributed by atoms with Gasteiger partial charge in [0.2, 0.25) is 0 Å². The summed E-state index contributed by atoms with van der Waals surface area (Å²) in [7, 11) is 0. The summed E-state index contributed by atoms with van der Waals surface area (Å²) in [5.74, 6) is 0.334. The molecule has 0 saturated carbocycles. The molecule has 1 fully saturated rings. The van der Waals surface area contributed by atoms with E-state index in [1.165, 1.54) is 12.8 Å². The zero-order valence-electron chi connectivity index (χ0n) is 16.0. The molecule has 6 nitrogen and oxygen atoms in total. The Bertz CT molecular complexity index is 1270. The predicted octanol–water partition coefficient (Wildman–Crippen LogP) is 3.76. The van der Waals surface area contributed by atoms with Crippen molar-refractivity contribution in [3.63, 3.8) is 0 Å². The van der Waals surface area contributed by atoms with Crippen LogP contribution >= 0.6 is 11.6 Å². The minimum Gasteiger partial charge on any atom is -0.382 e. The molecule has 3 N–H and O–H groups in total. The lowest BCUT2D eigenvalue weighted by atomic mass is 10.1. The van der Waals surface area contributed by atoms with E-state index >= 15 is 0 Å². The largest absolute Gasteiger partial charge is 0.382 e. The van der Waals surface area contributed by atoms with Gasteiger partial charge in [0.1, 0.15) is 11.3 Å². The third-order valence-corrected chi connectivity index (χ3v) is 6.05. The van der Waals surface area contributed by atoms with Crippen molar-refractivity contribution in [2.45, 2.75) is 25.9 Å². The number of halogens is 1. The molecule has 148 valence electrons. The van der Waals surface area contributed by atoms with Crippen LogP contribution < -0.4 is 11.4 Å². The highest BCUT2D eigenvalue weighted by Gasteiger charge is 2.17. The average Bonchev–Trinajstić information content (AvgIpc) is 3.33. The van der Waals surface area contributed by atoms with Gasteiger partial charge in [-0.05, 0) is 49.2 Å². The predicted molar refractivity (Wildman–Crippen MR) is 117 cm³/mol. The molecule has 7 heteroatoms. The summed E-state index contributed by atoms with van der Waals surface area (Å²) in [5, 5.41) is 1.67. The Morgan fingerprint density at radius 2 is 1.90 bits per heavy atom. The monoisotopic (exact) mass is 407 g/mol. The average molecular weight is 408 g/mol. The molecule has 3 heterocycles. The standard InChI is InChI=1S/C22H22ClN5O/c23-17-8-7-14(11-15(17)13-27-9-3-4-10-27)12-28-20-16-5-1-2-6-18(16)25-21(24)19(20)26-22(28)29/h1-2,5-8,11H,3-4,9-10,12-13H2,(H2,24,25)(H,26,29). The molecule has 0 atom stereocenters. The van der Waals surface area contributed by atoms with Gasteiger partial charge in [-0.2, -0.15) is 0 Å². The van der Waals surface area contributed by atoms with E-state index in [0.29, 0.717) is 17.9 Å². The normalized spacial score (nSPS) is 14.9. The van der Waals surface area contributed by atoms with Gasteiger partial charge in [-0.25, -0.2) is 9.78 Å². The van der Waals surface area contributed by atoms with Crippen LogP contribution in [0.15, 0.2) is 47.3 Å². The summed E-state index contributed by atoms with van der Waals surface area (Å²) in [6.45, 7) is 3.51. The zero-order chi connectivity index (χ0) is 20.0. The molecule has 0 amide bonds. The van der Waals surface area contributed by atoms with Crippen LogP contribution in [0.2, 0.25) is 5.02 Å². The molecule has 1 saturated heterocycles. The highest BCUT2D eigenvalue weighted by molar-refractivity contribution is 6.31. The molecule has 29 heavy (non-hydrogen) atoms. The summed E-state index contributed by atoms with van der Waals surface area (Å²) >= 11 is 6.46. The van der Waals surface area contributed by atoms with Gasteiger partial charge in [0.05, 0.1) is 17.6 Å². The van der Waals surface area contributed by atoms with Crippen LogP contribution in [-0.2, 0) is 13.1 Å². The Balaban J connectivity index is 1.58. The maximum absolute atomic E-state index is 12.8. The molecular formula is C22H22ClN5O. The van der Waals surface area contributed by atoms with Crippen LogP contribution in [0, 0.1) is 0 Å². The van der Waals surface area contributed by atoms with E-state index in [0.717, 1.165) is 52.2 Å². The number of imidazole rings is 1. The highest BCUT2D eigenvalue weighted by Crippen LogP contribution is 2.27. The number of nitrogens with one attached hydrogen (secondary N) is 1. The SMILES string of the molecule is Nc1nc2ccccc2c2c1[nH]c(=O)n2Cc1ccc(Cl)c(CN2CCCC2)c1. The summed E-state index contributed by atoms with van der Waals surface area (Å²) in [6, 6.07) is 13.7. The maximum atomic E-state index is 12.8. The minimum atomic E-state index is -0.194. The van der Waals surface area contributed by atoms with Gasteiger partial charge in [0, 0.05) is 17.0 Å². The number of aromatic amines is 1. The van der Waals surface area contributed by atoms with E-state index in [4.69, 9.17) is 17.3 Å². The van der Waals surface area contributed by atoms with Crippen molar-refractivity contribution >= 4 is 39.4 Å². The fourth-order valence-corrected chi connectivity index (χ4v) is 4.43. The van der Waals surface area contributed by atoms with Crippen molar-refractivity contribution in [3.8, 4) is 0 Å². The van der Waals surface area contributed by atoms with Gasteiger partial charge < -0.3 is 10.7 Å². The number of likely N-dealkylation sites (tertiary alicyclic amines) is 1. The van der Waals surface area contributed by atoms with Crippen LogP contribution in [-0.4, -0.2) is 32.5 Å². The lowest BCUT2D eigenvalue weighted by Gasteiger charge is -2.16. The van der Waals surface area contributed by atoms with E-state index in [2.05, 4.69) is 20.9 Å². The number of benzene rings is 2. The first-order chi connectivity index (χ1) is 14.1. The van der Waals surface area contributed by atoms with Crippen molar-refractivity contribution in [2.75, 3.05) is 18.8 Å². The Hall–Kier alpha value is -2.83. The number of H-pyrrole nitrogens is 1. The molecule has 1 aliphatic heterocycles. The number of hydrogen-bond donors (Lipinski definition) is 2. The Labute approximate surface area is 172 Å². The van der Waals surface area contributed by atoms with Gasteiger partial charge in [-0.3, -0.25) is 9.47 Å². The first-order valence-electron chi connectivity index (χ1n) is 9.86. The number of aromatic nitrogens is 3. The summed E-state index contributed by atoms with van der Waals surface area (Å²) in [4.78, 5) is 22.5. The quantitative estimate of drug-likeness (QED) is 0.539. The van der Waals surface area contributed by atoms with Gasteiger partial charge in [-0.1, -0.05) is 41.9 Å². The number of nitrogens with zero attached hydrogens (tertiary/aromatic N) is 3. The summed E-state index contributed by atoms with van der Waals surface area (Å²) in [6.07, 6.45) is 2.48. The number of para-hydroxylation sites is 1.